The van der Waals surface area contributed by atoms with Crippen LogP contribution >= 0.6 is 0 Å². The van der Waals surface area contributed by atoms with Crippen molar-refractivity contribution in [2.45, 2.75) is 19.4 Å². The van der Waals surface area contributed by atoms with E-state index in [9.17, 15) is 4.39 Å². The normalized spacial score (nSPS) is 12.6. The van der Waals surface area contributed by atoms with E-state index in [2.05, 4.69) is 25.9 Å². The average Bonchev–Trinajstić information content (AvgIpc) is 2.82. The molecule has 2 N–H and O–H groups in total. The van der Waals surface area contributed by atoms with E-state index in [1.165, 1.54) is 12.1 Å². The van der Waals surface area contributed by atoms with Crippen LogP contribution in [0.2, 0.25) is 0 Å². The number of aromatic nitrogens is 4. The Labute approximate surface area is 98.4 Å². The van der Waals surface area contributed by atoms with Gasteiger partial charge in [-0.1, -0.05) is 17.3 Å². The van der Waals surface area contributed by atoms with Gasteiger partial charge in [0.2, 0.25) is 0 Å². The van der Waals surface area contributed by atoms with E-state index in [1.807, 2.05) is 13.0 Å². The predicted molar refractivity (Wildman–Crippen MR) is 60.7 cm³/mol. The molecule has 0 aliphatic heterocycles. The summed E-state index contributed by atoms with van der Waals surface area (Å²) in [5, 5.41) is 16.9. The molecule has 1 aromatic carbocycles. The molecule has 2 rings (SSSR count). The molecule has 1 atom stereocenters. The van der Waals surface area contributed by atoms with E-state index in [-0.39, 0.29) is 11.9 Å². The minimum atomic E-state index is -0.214. The summed E-state index contributed by atoms with van der Waals surface area (Å²) in [7, 11) is 0. The largest absolute Gasteiger partial charge is 0.310 e. The van der Waals surface area contributed by atoms with Crippen LogP contribution in [0.5, 0.6) is 0 Å². The van der Waals surface area contributed by atoms with Crippen molar-refractivity contribution in [3.05, 3.63) is 41.5 Å². The van der Waals surface area contributed by atoms with E-state index in [0.29, 0.717) is 12.2 Å². The van der Waals surface area contributed by atoms with Gasteiger partial charge in [-0.15, -0.1) is 10.2 Å². The van der Waals surface area contributed by atoms with Crippen LogP contribution in [0.4, 0.5) is 4.39 Å². The molecule has 0 spiro atoms. The van der Waals surface area contributed by atoms with E-state index >= 15 is 0 Å². The number of aromatic amines is 1. The summed E-state index contributed by atoms with van der Waals surface area (Å²) in [5.41, 5.74) is 0.929. The molecule has 0 fully saturated rings. The highest BCUT2D eigenvalue weighted by molar-refractivity contribution is 5.19. The Morgan fingerprint density at radius 3 is 3.06 bits per heavy atom. The van der Waals surface area contributed by atoms with Gasteiger partial charge in [0.1, 0.15) is 5.82 Å². The van der Waals surface area contributed by atoms with Crippen molar-refractivity contribution in [3.8, 4) is 0 Å². The minimum absolute atomic E-state index is 0.0950. The second-order valence-corrected chi connectivity index (χ2v) is 3.81. The van der Waals surface area contributed by atoms with Crippen LogP contribution in [0.1, 0.15) is 24.4 Å². The molecule has 0 radical (unpaired) electrons. The number of tetrazole rings is 1. The van der Waals surface area contributed by atoms with Crippen molar-refractivity contribution >= 4 is 0 Å². The lowest BCUT2D eigenvalue weighted by atomic mass is 10.1. The summed E-state index contributed by atoms with van der Waals surface area (Å²) in [5.74, 6) is 0.457. The SMILES string of the molecule is C[C@H](NCCc1nn[nH]n1)c1cccc(F)c1. The molecule has 0 saturated heterocycles. The van der Waals surface area contributed by atoms with Crippen molar-refractivity contribution < 1.29 is 4.39 Å². The summed E-state index contributed by atoms with van der Waals surface area (Å²) >= 11 is 0. The zero-order chi connectivity index (χ0) is 12.1. The highest BCUT2D eigenvalue weighted by Gasteiger charge is 2.06. The predicted octanol–water partition coefficient (Wildman–Crippen LogP) is 1.23. The fourth-order valence-corrected chi connectivity index (χ4v) is 1.58. The average molecular weight is 235 g/mol. The third-order valence-corrected chi connectivity index (χ3v) is 2.54. The van der Waals surface area contributed by atoms with Gasteiger partial charge in [0.15, 0.2) is 5.82 Å². The molecule has 1 aromatic heterocycles. The first-order chi connectivity index (χ1) is 8.25. The number of nitrogens with zero attached hydrogens (tertiary/aromatic N) is 3. The quantitative estimate of drug-likeness (QED) is 0.818. The fraction of sp³-hybridized carbons (Fsp3) is 0.364. The van der Waals surface area contributed by atoms with Gasteiger partial charge >= 0.3 is 0 Å². The van der Waals surface area contributed by atoms with E-state index in [4.69, 9.17) is 0 Å². The molecule has 0 saturated carbocycles. The van der Waals surface area contributed by atoms with Gasteiger partial charge in [0.25, 0.3) is 0 Å². The van der Waals surface area contributed by atoms with Gasteiger partial charge in [-0.2, -0.15) is 5.21 Å². The number of rotatable bonds is 5. The summed E-state index contributed by atoms with van der Waals surface area (Å²) in [6, 6.07) is 6.68. The lowest BCUT2D eigenvalue weighted by molar-refractivity contribution is 0.562. The minimum Gasteiger partial charge on any atom is -0.310 e. The molecule has 1 heterocycles. The van der Waals surface area contributed by atoms with Crippen LogP contribution in [0.15, 0.2) is 24.3 Å². The summed E-state index contributed by atoms with van der Waals surface area (Å²) < 4.78 is 13.0. The number of benzene rings is 1. The molecule has 0 aliphatic rings. The highest BCUT2D eigenvalue weighted by atomic mass is 19.1. The van der Waals surface area contributed by atoms with Gasteiger partial charge in [0, 0.05) is 19.0 Å². The highest BCUT2D eigenvalue weighted by Crippen LogP contribution is 2.12. The van der Waals surface area contributed by atoms with Crippen LogP contribution in [0.3, 0.4) is 0 Å². The van der Waals surface area contributed by atoms with Crippen molar-refractivity contribution in [2.24, 2.45) is 0 Å². The first kappa shape index (κ1) is 11.7. The summed E-state index contributed by atoms with van der Waals surface area (Å²) in [4.78, 5) is 0. The Kier molecular flexibility index (Phi) is 3.77. The zero-order valence-corrected chi connectivity index (χ0v) is 9.52. The van der Waals surface area contributed by atoms with Gasteiger partial charge in [-0.05, 0) is 24.6 Å². The van der Waals surface area contributed by atoms with Crippen molar-refractivity contribution in [2.75, 3.05) is 6.54 Å². The smallest absolute Gasteiger partial charge is 0.175 e. The van der Waals surface area contributed by atoms with Crippen LogP contribution in [0, 0.1) is 5.82 Å². The summed E-state index contributed by atoms with van der Waals surface area (Å²) in [6.07, 6.45) is 0.691. The topological polar surface area (TPSA) is 66.5 Å². The Hall–Kier alpha value is -1.82. The number of halogens is 1. The van der Waals surface area contributed by atoms with E-state index in [0.717, 1.165) is 12.1 Å². The van der Waals surface area contributed by atoms with Crippen LogP contribution in [0.25, 0.3) is 0 Å². The van der Waals surface area contributed by atoms with Crippen LogP contribution in [-0.2, 0) is 6.42 Å². The van der Waals surface area contributed by atoms with Crippen molar-refractivity contribution in [1.29, 1.82) is 0 Å². The number of hydrogen-bond acceptors (Lipinski definition) is 4. The van der Waals surface area contributed by atoms with Gasteiger partial charge in [-0.3, -0.25) is 0 Å². The molecule has 17 heavy (non-hydrogen) atoms. The Bertz CT molecular complexity index is 457. The number of nitrogens with one attached hydrogen (secondary N) is 2. The Morgan fingerprint density at radius 2 is 2.35 bits per heavy atom. The van der Waals surface area contributed by atoms with E-state index < -0.39 is 0 Å². The van der Waals surface area contributed by atoms with Crippen molar-refractivity contribution in [1.82, 2.24) is 25.9 Å². The Morgan fingerprint density at radius 1 is 1.47 bits per heavy atom. The maximum absolute atomic E-state index is 13.0. The molecule has 0 aliphatic carbocycles. The van der Waals surface area contributed by atoms with E-state index in [1.54, 1.807) is 6.07 Å². The molecule has 90 valence electrons. The van der Waals surface area contributed by atoms with Gasteiger partial charge in [-0.25, -0.2) is 4.39 Å². The standard InChI is InChI=1S/C11H14FN5/c1-8(9-3-2-4-10(12)7-9)13-6-5-11-14-16-17-15-11/h2-4,7-8,13H,5-6H2,1H3,(H,14,15,16,17)/t8-/m0/s1. The lowest BCUT2D eigenvalue weighted by Crippen LogP contribution is -2.21. The first-order valence-corrected chi connectivity index (χ1v) is 5.47. The zero-order valence-electron chi connectivity index (χ0n) is 9.52. The molecule has 5 nitrogen and oxygen atoms in total. The molecular formula is C11H14FN5. The van der Waals surface area contributed by atoms with Crippen LogP contribution < -0.4 is 5.32 Å². The second kappa shape index (κ2) is 5.49. The molecule has 0 amide bonds. The second-order valence-electron chi connectivity index (χ2n) is 3.81. The third-order valence-electron chi connectivity index (χ3n) is 2.54. The maximum atomic E-state index is 13.0. The monoisotopic (exact) mass is 235 g/mol. The molecule has 2 aromatic rings. The third kappa shape index (κ3) is 3.32. The Balaban J connectivity index is 1.83. The maximum Gasteiger partial charge on any atom is 0.175 e. The molecular weight excluding hydrogens is 221 g/mol. The van der Waals surface area contributed by atoms with Crippen molar-refractivity contribution in [3.63, 3.8) is 0 Å². The fourth-order valence-electron chi connectivity index (χ4n) is 1.58. The molecule has 6 heteroatoms. The van der Waals surface area contributed by atoms with Crippen LogP contribution in [-0.4, -0.2) is 27.2 Å². The van der Waals surface area contributed by atoms with Gasteiger partial charge < -0.3 is 5.32 Å². The first-order valence-electron chi connectivity index (χ1n) is 5.47. The summed E-state index contributed by atoms with van der Waals surface area (Å²) in [6.45, 7) is 2.71. The number of hydrogen-bond donors (Lipinski definition) is 2. The lowest BCUT2D eigenvalue weighted by Gasteiger charge is -2.13. The molecule has 0 unspecified atom stereocenters. The van der Waals surface area contributed by atoms with Gasteiger partial charge in [0.05, 0.1) is 0 Å². The molecule has 0 bridgehead atoms. The number of H-pyrrole nitrogens is 1.